The van der Waals surface area contributed by atoms with Gasteiger partial charge >= 0.3 is 0 Å². The molecule has 0 aromatic carbocycles. The van der Waals surface area contributed by atoms with Crippen molar-refractivity contribution in [2.75, 3.05) is 19.4 Å². The zero-order valence-electron chi connectivity index (χ0n) is 16.0. The second-order valence-corrected chi connectivity index (χ2v) is 6.27. The molecule has 2 amide bonds. The van der Waals surface area contributed by atoms with Crippen LogP contribution in [0.25, 0.3) is 0 Å². The lowest BCUT2D eigenvalue weighted by atomic mass is 10.2. The Morgan fingerprint density at radius 3 is 2.59 bits per heavy atom. The summed E-state index contributed by atoms with van der Waals surface area (Å²) < 4.78 is 0. The number of rotatable bonds is 7. The summed E-state index contributed by atoms with van der Waals surface area (Å²) in [4.78, 5) is 45.4. The van der Waals surface area contributed by atoms with Crippen LogP contribution in [0.5, 0.6) is 0 Å². The van der Waals surface area contributed by atoms with Crippen LogP contribution in [-0.2, 0) is 4.79 Å². The minimum absolute atomic E-state index is 0.0597. The lowest BCUT2D eigenvalue weighted by Gasteiger charge is -2.13. The fraction of sp³-hybridized carbons (Fsp3) is 0.278. The molecule has 11 nitrogen and oxygen atoms in total. The van der Waals surface area contributed by atoms with Crippen molar-refractivity contribution >= 4 is 29.5 Å². The molecule has 0 spiro atoms. The van der Waals surface area contributed by atoms with E-state index < -0.39 is 11.8 Å². The summed E-state index contributed by atoms with van der Waals surface area (Å²) in [5.41, 5.74) is 7.05. The predicted molar refractivity (Wildman–Crippen MR) is 106 cm³/mol. The highest BCUT2D eigenvalue weighted by molar-refractivity contribution is 6.05. The first kappa shape index (κ1) is 19.9. The molecule has 1 aliphatic carbocycles. The van der Waals surface area contributed by atoms with E-state index in [0.717, 1.165) is 18.5 Å². The number of nitrogens with zero attached hydrogens (tertiary/aromatic N) is 5. The molecule has 11 heteroatoms. The van der Waals surface area contributed by atoms with E-state index >= 15 is 0 Å². The molecular weight excluding hydrogens is 374 g/mol. The van der Waals surface area contributed by atoms with Crippen molar-refractivity contribution in [1.29, 1.82) is 0 Å². The van der Waals surface area contributed by atoms with Gasteiger partial charge in [0.1, 0.15) is 12.0 Å². The minimum Gasteiger partial charge on any atom is -0.393 e. The van der Waals surface area contributed by atoms with E-state index in [2.05, 4.69) is 40.9 Å². The highest BCUT2D eigenvalue weighted by Gasteiger charge is 2.28. The number of amides is 2. The first-order valence-corrected chi connectivity index (χ1v) is 8.87. The van der Waals surface area contributed by atoms with Gasteiger partial charge in [-0.2, -0.15) is 0 Å². The molecule has 5 N–H and O–H groups in total. The average molecular weight is 395 g/mol. The Kier molecular flexibility index (Phi) is 6.07. The van der Waals surface area contributed by atoms with Crippen LogP contribution in [0, 0.1) is 0 Å². The third-order valence-electron chi connectivity index (χ3n) is 4.09. The summed E-state index contributed by atoms with van der Waals surface area (Å²) >= 11 is 0. The molecule has 0 atom stereocenters. The van der Waals surface area contributed by atoms with Crippen LogP contribution >= 0.6 is 0 Å². The summed E-state index contributed by atoms with van der Waals surface area (Å²) in [5, 5.41) is 7.99. The maximum Gasteiger partial charge on any atom is 0.278 e. The average Bonchev–Trinajstić information content (AvgIpc) is 3.58. The molecule has 150 valence electrons. The molecule has 1 aliphatic rings. The van der Waals surface area contributed by atoms with Crippen molar-refractivity contribution in [1.82, 2.24) is 30.6 Å². The zero-order valence-corrected chi connectivity index (χ0v) is 16.0. The highest BCUT2D eigenvalue weighted by Crippen LogP contribution is 2.39. The van der Waals surface area contributed by atoms with Gasteiger partial charge < -0.3 is 21.7 Å². The smallest absolute Gasteiger partial charge is 0.278 e. The quantitative estimate of drug-likeness (QED) is 0.383. The maximum atomic E-state index is 13.0. The number of hydrogen-bond donors (Lipinski definition) is 4. The molecule has 2 heterocycles. The Labute approximate surface area is 167 Å². The molecule has 29 heavy (non-hydrogen) atoms. The van der Waals surface area contributed by atoms with Crippen molar-refractivity contribution in [2.45, 2.75) is 18.8 Å². The van der Waals surface area contributed by atoms with Gasteiger partial charge in [0.25, 0.3) is 11.8 Å². The molecule has 3 rings (SSSR count). The second-order valence-electron chi connectivity index (χ2n) is 6.27. The lowest BCUT2D eigenvalue weighted by Crippen LogP contribution is -2.33. The van der Waals surface area contributed by atoms with Crippen molar-refractivity contribution in [3.05, 3.63) is 47.7 Å². The molecule has 1 fully saturated rings. The van der Waals surface area contributed by atoms with Gasteiger partial charge in [0.05, 0.1) is 35.7 Å². The fourth-order valence-corrected chi connectivity index (χ4v) is 2.47. The minimum atomic E-state index is -0.582. The molecule has 0 radical (unpaired) electrons. The Morgan fingerprint density at radius 2 is 1.97 bits per heavy atom. The van der Waals surface area contributed by atoms with Gasteiger partial charge in [-0.1, -0.05) is 0 Å². The van der Waals surface area contributed by atoms with Gasteiger partial charge in [-0.25, -0.2) is 19.9 Å². The fourth-order valence-electron chi connectivity index (χ4n) is 2.47. The Balaban J connectivity index is 1.95. The van der Waals surface area contributed by atoms with Crippen molar-refractivity contribution < 1.29 is 9.59 Å². The third kappa shape index (κ3) is 4.89. The van der Waals surface area contributed by atoms with E-state index in [1.54, 1.807) is 18.6 Å². The Hall–Kier alpha value is -3.89. The number of aliphatic imine (C=N–C) groups is 1. The van der Waals surface area contributed by atoms with Crippen LogP contribution < -0.4 is 21.7 Å². The molecule has 0 saturated heterocycles. The molecule has 0 unspecified atom stereocenters. The largest absolute Gasteiger partial charge is 0.393 e. The summed E-state index contributed by atoms with van der Waals surface area (Å²) in [6, 6.07) is 0. The van der Waals surface area contributed by atoms with Gasteiger partial charge in [0.2, 0.25) is 0 Å². The van der Waals surface area contributed by atoms with Crippen LogP contribution in [0.3, 0.4) is 0 Å². The third-order valence-corrected chi connectivity index (χ3v) is 4.09. The normalized spacial score (nSPS) is 14.3. The second kappa shape index (κ2) is 8.87. The lowest BCUT2D eigenvalue weighted by molar-refractivity contribution is -0.117. The van der Waals surface area contributed by atoms with Gasteiger partial charge in [-0.05, 0) is 12.8 Å². The van der Waals surface area contributed by atoms with Crippen molar-refractivity contribution in [3.63, 3.8) is 0 Å². The summed E-state index contributed by atoms with van der Waals surface area (Å²) in [6.07, 6.45) is 9.43. The summed E-state index contributed by atoms with van der Waals surface area (Å²) in [5.74, 6) is -0.599. The van der Waals surface area contributed by atoms with E-state index in [1.807, 2.05) is 0 Å². The van der Waals surface area contributed by atoms with Crippen LogP contribution in [0.1, 0.15) is 34.9 Å². The summed E-state index contributed by atoms with van der Waals surface area (Å²) in [6.45, 7) is 0. The highest BCUT2D eigenvalue weighted by atomic mass is 16.2. The molecule has 1 saturated carbocycles. The SMILES string of the molecule is CN=CC(NC(=O)c1nc(C2CC2)cnc1Nc1cncnc1)=C(N)C(=O)NC. The summed E-state index contributed by atoms with van der Waals surface area (Å²) in [7, 11) is 2.94. The zero-order chi connectivity index (χ0) is 20.8. The van der Waals surface area contributed by atoms with Gasteiger partial charge in [0.15, 0.2) is 11.5 Å². The van der Waals surface area contributed by atoms with Crippen molar-refractivity contribution in [3.8, 4) is 0 Å². The van der Waals surface area contributed by atoms with Gasteiger partial charge in [0, 0.05) is 26.2 Å². The molecule has 2 aromatic rings. The number of carbonyl (C=O) groups is 2. The van der Waals surface area contributed by atoms with E-state index in [0.29, 0.717) is 11.6 Å². The number of aromatic nitrogens is 4. The van der Waals surface area contributed by atoms with Crippen LogP contribution in [0.15, 0.2) is 41.3 Å². The number of likely N-dealkylation sites (N-methyl/N-ethyl adjacent to an activating group) is 1. The molecular formula is C18H21N9O2. The molecule has 0 bridgehead atoms. The van der Waals surface area contributed by atoms with E-state index in [-0.39, 0.29) is 22.9 Å². The number of nitrogens with one attached hydrogen (secondary N) is 3. The van der Waals surface area contributed by atoms with E-state index in [4.69, 9.17) is 5.73 Å². The molecule has 2 aromatic heterocycles. The first-order valence-electron chi connectivity index (χ1n) is 8.87. The van der Waals surface area contributed by atoms with Gasteiger partial charge in [-0.3, -0.25) is 14.6 Å². The number of anilines is 2. The number of allylic oxidation sites excluding steroid dienone is 1. The standard InChI is InChI=1S/C18H21N9O2/c1-20-7-13(14(19)17(28)21-2)27-18(29)15-16(25-11-5-22-9-23-6-11)24-8-12(26-15)10-3-4-10/h5-10H,3-4,19H2,1-2H3,(H,21,28)(H,24,25)(H,27,29). The first-order chi connectivity index (χ1) is 14.0. The number of nitrogens with two attached hydrogens (primary N) is 1. The maximum absolute atomic E-state index is 13.0. The monoisotopic (exact) mass is 395 g/mol. The number of hydrogen-bond acceptors (Lipinski definition) is 9. The Morgan fingerprint density at radius 1 is 1.24 bits per heavy atom. The topological polar surface area (TPSA) is 160 Å². The number of carbonyl (C=O) groups excluding carboxylic acids is 2. The van der Waals surface area contributed by atoms with Crippen molar-refractivity contribution in [2.24, 2.45) is 10.7 Å². The molecule has 0 aliphatic heterocycles. The van der Waals surface area contributed by atoms with Gasteiger partial charge in [-0.15, -0.1) is 0 Å². The van der Waals surface area contributed by atoms with Crippen LogP contribution in [-0.4, -0.2) is 52.1 Å². The van der Waals surface area contributed by atoms with E-state index in [9.17, 15) is 9.59 Å². The Bertz CT molecular complexity index is 969. The van der Waals surface area contributed by atoms with E-state index in [1.165, 1.54) is 26.6 Å². The van der Waals surface area contributed by atoms with Crippen LogP contribution in [0.4, 0.5) is 11.5 Å². The van der Waals surface area contributed by atoms with Crippen LogP contribution in [0.2, 0.25) is 0 Å². The predicted octanol–water partition coefficient (Wildman–Crippen LogP) is 0.234.